The number of anilines is 1. The van der Waals surface area contributed by atoms with E-state index in [9.17, 15) is 20.2 Å². The van der Waals surface area contributed by atoms with Gasteiger partial charge in [0.15, 0.2) is 0 Å². The van der Waals surface area contributed by atoms with Gasteiger partial charge >= 0.3 is 0 Å². The zero-order chi connectivity index (χ0) is 20.6. The summed E-state index contributed by atoms with van der Waals surface area (Å²) >= 11 is 0. The number of non-ortho nitro benzene ring substituents is 1. The third-order valence-corrected chi connectivity index (χ3v) is 3.78. The summed E-state index contributed by atoms with van der Waals surface area (Å²) < 4.78 is 5.66. The molecule has 0 unspecified atom stereocenters. The molecule has 0 aliphatic rings. The van der Waals surface area contributed by atoms with Crippen LogP contribution in [0.5, 0.6) is 5.75 Å². The standard InChI is InChI=1S/C19H15N5O5/c25-23(26)16-5-1-15(2-6-16)13-29-18-8-3-14(4-9-18)11-21-22-19-10-7-17(12-20-19)24(27)28/h1-12H,13H2,(H,20,22). The van der Waals surface area contributed by atoms with Crippen LogP contribution in [0.3, 0.4) is 0 Å². The number of nitro groups is 2. The first kappa shape index (κ1) is 19.4. The second kappa shape index (κ2) is 9.04. The summed E-state index contributed by atoms with van der Waals surface area (Å²) in [7, 11) is 0. The Labute approximate surface area is 164 Å². The van der Waals surface area contributed by atoms with Crippen molar-refractivity contribution < 1.29 is 14.6 Å². The normalized spacial score (nSPS) is 10.6. The maximum absolute atomic E-state index is 10.6. The lowest BCUT2D eigenvalue weighted by Gasteiger charge is -2.06. The van der Waals surface area contributed by atoms with Crippen molar-refractivity contribution in [2.45, 2.75) is 6.61 Å². The molecule has 0 bridgehead atoms. The maximum Gasteiger partial charge on any atom is 0.287 e. The van der Waals surface area contributed by atoms with Crippen molar-refractivity contribution in [3.8, 4) is 5.75 Å². The molecule has 10 heteroatoms. The van der Waals surface area contributed by atoms with E-state index in [0.717, 1.165) is 17.3 Å². The first-order chi connectivity index (χ1) is 14.0. The van der Waals surface area contributed by atoms with E-state index in [1.807, 2.05) is 0 Å². The molecule has 3 rings (SSSR count). The number of hydrogen-bond donors (Lipinski definition) is 1. The number of aromatic nitrogens is 1. The van der Waals surface area contributed by atoms with Crippen LogP contribution in [0.25, 0.3) is 0 Å². The van der Waals surface area contributed by atoms with Gasteiger partial charge < -0.3 is 4.74 Å². The molecule has 0 atom stereocenters. The molecular formula is C19H15N5O5. The van der Waals surface area contributed by atoms with Crippen molar-refractivity contribution in [3.05, 3.63) is 98.2 Å². The topological polar surface area (TPSA) is 133 Å². The minimum absolute atomic E-state index is 0.0370. The fraction of sp³-hybridized carbons (Fsp3) is 0.0526. The number of nitro benzene ring substituents is 1. The summed E-state index contributed by atoms with van der Waals surface area (Å²) in [6, 6.07) is 16.1. The number of hydrazone groups is 1. The minimum Gasteiger partial charge on any atom is -0.489 e. The first-order valence-corrected chi connectivity index (χ1v) is 8.37. The van der Waals surface area contributed by atoms with Crippen LogP contribution in [0.4, 0.5) is 17.2 Å². The van der Waals surface area contributed by atoms with Gasteiger partial charge in [-0.15, -0.1) is 0 Å². The highest BCUT2D eigenvalue weighted by Gasteiger charge is 2.05. The summed E-state index contributed by atoms with van der Waals surface area (Å²) in [4.78, 5) is 24.2. The van der Waals surface area contributed by atoms with Gasteiger partial charge in [0.25, 0.3) is 11.4 Å². The van der Waals surface area contributed by atoms with E-state index in [-0.39, 0.29) is 11.4 Å². The third kappa shape index (κ3) is 5.57. The maximum atomic E-state index is 10.6. The van der Waals surface area contributed by atoms with Gasteiger partial charge in [-0.3, -0.25) is 25.7 Å². The molecule has 0 saturated carbocycles. The molecule has 0 saturated heterocycles. The second-order valence-electron chi connectivity index (χ2n) is 5.81. The molecular weight excluding hydrogens is 378 g/mol. The van der Waals surface area contributed by atoms with E-state index < -0.39 is 9.85 Å². The lowest BCUT2D eigenvalue weighted by atomic mass is 10.2. The Hall–Kier alpha value is -4.34. The summed E-state index contributed by atoms with van der Waals surface area (Å²) in [5.74, 6) is 1.03. The Bertz CT molecular complexity index is 1020. The highest BCUT2D eigenvalue weighted by molar-refractivity contribution is 5.80. The molecule has 146 valence electrons. The summed E-state index contributed by atoms with van der Waals surface area (Å²) in [5.41, 5.74) is 4.26. The van der Waals surface area contributed by atoms with Gasteiger partial charge in [0, 0.05) is 18.2 Å². The molecule has 0 spiro atoms. The molecule has 10 nitrogen and oxygen atoms in total. The predicted molar refractivity (Wildman–Crippen MR) is 106 cm³/mol. The molecule has 29 heavy (non-hydrogen) atoms. The molecule has 1 N–H and O–H groups in total. The van der Waals surface area contributed by atoms with E-state index in [0.29, 0.717) is 18.2 Å². The fourth-order valence-corrected chi connectivity index (χ4v) is 2.26. The Morgan fingerprint density at radius 2 is 1.59 bits per heavy atom. The van der Waals surface area contributed by atoms with Crippen molar-refractivity contribution in [1.29, 1.82) is 0 Å². The second-order valence-corrected chi connectivity index (χ2v) is 5.81. The molecule has 2 aromatic carbocycles. The van der Waals surface area contributed by atoms with Crippen LogP contribution in [0, 0.1) is 20.2 Å². The quantitative estimate of drug-likeness (QED) is 0.348. The molecule has 0 aliphatic heterocycles. The van der Waals surface area contributed by atoms with Crippen LogP contribution in [0.2, 0.25) is 0 Å². The van der Waals surface area contributed by atoms with E-state index >= 15 is 0 Å². The van der Waals surface area contributed by atoms with Gasteiger partial charge in [-0.05, 0) is 53.6 Å². The number of hydrogen-bond acceptors (Lipinski definition) is 8. The van der Waals surface area contributed by atoms with E-state index in [1.165, 1.54) is 24.3 Å². The largest absolute Gasteiger partial charge is 0.489 e. The van der Waals surface area contributed by atoms with Gasteiger partial charge in [-0.1, -0.05) is 0 Å². The third-order valence-electron chi connectivity index (χ3n) is 3.78. The number of pyridine rings is 1. The van der Waals surface area contributed by atoms with Crippen molar-refractivity contribution in [2.75, 3.05) is 5.43 Å². The van der Waals surface area contributed by atoms with E-state index in [1.54, 1.807) is 42.6 Å². The number of nitrogens with one attached hydrogen (secondary N) is 1. The van der Waals surface area contributed by atoms with Crippen LogP contribution >= 0.6 is 0 Å². The Balaban J connectivity index is 1.51. The molecule has 3 aromatic rings. The Morgan fingerprint density at radius 3 is 2.17 bits per heavy atom. The van der Waals surface area contributed by atoms with Crippen LogP contribution in [-0.2, 0) is 6.61 Å². The van der Waals surface area contributed by atoms with Gasteiger partial charge in [0.2, 0.25) is 0 Å². The average Bonchev–Trinajstić information content (AvgIpc) is 2.74. The van der Waals surface area contributed by atoms with Gasteiger partial charge in [0.1, 0.15) is 24.4 Å². The number of ether oxygens (including phenoxy) is 1. The lowest BCUT2D eigenvalue weighted by Crippen LogP contribution is -1.97. The van der Waals surface area contributed by atoms with Crippen molar-refractivity contribution in [2.24, 2.45) is 5.10 Å². The van der Waals surface area contributed by atoms with Crippen LogP contribution in [0.15, 0.2) is 72.0 Å². The zero-order valence-corrected chi connectivity index (χ0v) is 15.0. The zero-order valence-electron chi connectivity index (χ0n) is 15.0. The average molecular weight is 393 g/mol. The van der Waals surface area contributed by atoms with Crippen LogP contribution in [0.1, 0.15) is 11.1 Å². The summed E-state index contributed by atoms with van der Waals surface area (Å²) in [5, 5.41) is 25.3. The minimum atomic E-state index is -0.523. The van der Waals surface area contributed by atoms with Gasteiger partial charge in [0.05, 0.1) is 16.1 Å². The molecule has 0 radical (unpaired) electrons. The molecule has 0 fully saturated rings. The SMILES string of the molecule is O=[N+]([O-])c1ccc(COc2ccc(C=NNc3ccc([N+](=O)[O-])cn3)cc2)cc1. The Kier molecular flexibility index (Phi) is 6.05. The summed E-state index contributed by atoms with van der Waals surface area (Å²) in [6.45, 7) is 0.290. The van der Waals surface area contributed by atoms with Crippen molar-refractivity contribution in [1.82, 2.24) is 4.98 Å². The molecule has 1 heterocycles. The van der Waals surface area contributed by atoms with Crippen LogP contribution < -0.4 is 10.2 Å². The number of nitrogens with zero attached hydrogens (tertiary/aromatic N) is 4. The van der Waals surface area contributed by atoms with E-state index in [4.69, 9.17) is 4.74 Å². The number of benzene rings is 2. The summed E-state index contributed by atoms with van der Waals surface area (Å²) in [6.07, 6.45) is 2.72. The molecule has 0 amide bonds. The van der Waals surface area contributed by atoms with E-state index in [2.05, 4.69) is 15.5 Å². The highest BCUT2D eigenvalue weighted by atomic mass is 16.6. The number of rotatable bonds is 8. The predicted octanol–water partition coefficient (Wildman–Crippen LogP) is 3.92. The molecule has 0 aliphatic carbocycles. The van der Waals surface area contributed by atoms with Crippen molar-refractivity contribution >= 4 is 23.4 Å². The molecule has 1 aromatic heterocycles. The smallest absolute Gasteiger partial charge is 0.287 e. The van der Waals surface area contributed by atoms with Gasteiger partial charge in [-0.2, -0.15) is 5.10 Å². The van der Waals surface area contributed by atoms with Crippen LogP contribution in [-0.4, -0.2) is 21.0 Å². The Morgan fingerprint density at radius 1 is 0.931 bits per heavy atom. The van der Waals surface area contributed by atoms with Crippen molar-refractivity contribution in [3.63, 3.8) is 0 Å². The lowest BCUT2D eigenvalue weighted by molar-refractivity contribution is -0.385. The highest BCUT2D eigenvalue weighted by Crippen LogP contribution is 2.16. The van der Waals surface area contributed by atoms with Gasteiger partial charge in [-0.25, -0.2) is 4.98 Å². The fourth-order valence-electron chi connectivity index (χ4n) is 2.26. The first-order valence-electron chi connectivity index (χ1n) is 8.37. The monoisotopic (exact) mass is 393 g/mol.